The van der Waals surface area contributed by atoms with Gasteiger partial charge in [0.2, 0.25) is 0 Å². The first-order chi connectivity index (χ1) is 14.1. The van der Waals surface area contributed by atoms with Crippen LogP contribution in [0.3, 0.4) is 0 Å². The van der Waals surface area contributed by atoms with Crippen molar-refractivity contribution in [2.45, 2.75) is 6.61 Å². The van der Waals surface area contributed by atoms with Crippen LogP contribution in [0, 0.1) is 11.3 Å². The minimum Gasteiger partial charge on any atom is -0.488 e. The molecule has 0 saturated heterocycles. The summed E-state index contributed by atoms with van der Waals surface area (Å²) in [6.07, 6.45) is 1.48. The molecule has 0 heterocycles. The molecule has 0 spiro atoms. The number of benzene rings is 3. The topological polar surface area (TPSA) is 74.5 Å². The van der Waals surface area contributed by atoms with Crippen LogP contribution >= 0.6 is 27.5 Å². The Hall–Kier alpha value is -3.14. The predicted molar refractivity (Wildman–Crippen MR) is 116 cm³/mol. The van der Waals surface area contributed by atoms with E-state index in [-0.39, 0.29) is 5.91 Å². The van der Waals surface area contributed by atoms with E-state index >= 15 is 0 Å². The number of carbonyl (C=O) groups is 1. The Labute approximate surface area is 181 Å². The van der Waals surface area contributed by atoms with Gasteiger partial charge < -0.3 is 4.74 Å². The molecule has 0 unspecified atom stereocenters. The Morgan fingerprint density at radius 2 is 1.93 bits per heavy atom. The van der Waals surface area contributed by atoms with Gasteiger partial charge in [-0.1, -0.05) is 35.9 Å². The third kappa shape index (κ3) is 5.67. The van der Waals surface area contributed by atoms with Gasteiger partial charge in [-0.15, -0.1) is 0 Å². The van der Waals surface area contributed by atoms with Gasteiger partial charge in [0.15, 0.2) is 0 Å². The molecule has 0 bridgehead atoms. The highest BCUT2D eigenvalue weighted by Gasteiger charge is 2.08. The summed E-state index contributed by atoms with van der Waals surface area (Å²) in [5.41, 5.74) is 5.11. The number of nitrogens with one attached hydrogen (secondary N) is 1. The summed E-state index contributed by atoms with van der Waals surface area (Å²) in [5, 5.41) is 13.4. The van der Waals surface area contributed by atoms with E-state index in [9.17, 15) is 4.79 Å². The number of hydrazone groups is 1. The van der Waals surface area contributed by atoms with Gasteiger partial charge in [0, 0.05) is 15.1 Å². The highest BCUT2D eigenvalue weighted by Crippen LogP contribution is 2.23. The zero-order valence-corrected chi connectivity index (χ0v) is 17.4. The van der Waals surface area contributed by atoms with Gasteiger partial charge in [-0.2, -0.15) is 10.4 Å². The minimum absolute atomic E-state index is 0.317. The highest BCUT2D eigenvalue weighted by atomic mass is 79.9. The number of hydrogen-bond acceptors (Lipinski definition) is 4. The Morgan fingerprint density at radius 3 is 2.66 bits per heavy atom. The molecule has 0 saturated carbocycles. The van der Waals surface area contributed by atoms with Crippen molar-refractivity contribution in [3.8, 4) is 11.8 Å². The summed E-state index contributed by atoms with van der Waals surface area (Å²) in [5.74, 6) is 0.230. The Morgan fingerprint density at radius 1 is 1.17 bits per heavy atom. The Kier molecular flexibility index (Phi) is 7.01. The van der Waals surface area contributed by atoms with Gasteiger partial charge in [0.05, 0.1) is 23.4 Å². The second-order valence-electron chi connectivity index (χ2n) is 5.96. The standard InChI is InChI=1S/C22H15BrClN3O2/c23-20-4-2-1-3-19(20)22(28)27-26-13-17-11-18(24)9-10-21(17)29-14-16-7-5-15(12-25)6-8-16/h1-11,13H,14H2,(H,27,28)/b26-13-. The predicted octanol–water partition coefficient (Wildman–Crippen LogP) is 5.32. The number of amides is 1. The maximum atomic E-state index is 12.2. The van der Waals surface area contributed by atoms with Crippen molar-refractivity contribution in [3.63, 3.8) is 0 Å². The minimum atomic E-state index is -0.337. The van der Waals surface area contributed by atoms with Crippen molar-refractivity contribution in [2.75, 3.05) is 0 Å². The van der Waals surface area contributed by atoms with E-state index in [1.54, 1.807) is 48.5 Å². The van der Waals surface area contributed by atoms with Gasteiger partial charge >= 0.3 is 0 Å². The fourth-order valence-electron chi connectivity index (χ4n) is 2.45. The van der Waals surface area contributed by atoms with Crippen molar-refractivity contribution in [1.29, 1.82) is 5.26 Å². The highest BCUT2D eigenvalue weighted by molar-refractivity contribution is 9.10. The first-order valence-corrected chi connectivity index (χ1v) is 9.73. The third-order valence-electron chi connectivity index (χ3n) is 3.94. The SMILES string of the molecule is N#Cc1ccc(COc2ccc(Cl)cc2/C=N\NC(=O)c2ccccc2Br)cc1. The molecule has 3 aromatic carbocycles. The molecule has 1 N–H and O–H groups in total. The number of ether oxygens (including phenoxy) is 1. The largest absolute Gasteiger partial charge is 0.488 e. The lowest BCUT2D eigenvalue weighted by Gasteiger charge is -2.10. The van der Waals surface area contributed by atoms with Crippen LogP contribution in [0.15, 0.2) is 76.3 Å². The monoisotopic (exact) mass is 467 g/mol. The van der Waals surface area contributed by atoms with Crippen LogP contribution < -0.4 is 10.2 Å². The van der Waals surface area contributed by atoms with E-state index in [0.29, 0.717) is 38.5 Å². The molecule has 1 amide bonds. The molecule has 0 radical (unpaired) electrons. The lowest BCUT2D eigenvalue weighted by Crippen LogP contribution is -2.18. The van der Waals surface area contributed by atoms with Crippen molar-refractivity contribution in [2.24, 2.45) is 5.10 Å². The molecule has 7 heteroatoms. The van der Waals surface area contributed by atoms with Crippen LogP contribution in [-0.2, 0) is 6.61 Å². The molecule has 0 aliphatic rings. The first-order valence-electron chi connectivity index (χ1n) is 8.56. The van der Waals surface area contributed by atoms with Crippen molar-refractivity contribution < 1.29 is 9.53 Å². The summed E-state index contributed by atoms with van der Waals surface area (Å²) in [4.78, 5) is 12.2. The maximum Gasteiger partial charge on any atom is 0.272 e. The van der Waals surface area contributed by atoms with Crippen LogP contribution in [0.1, 0.15) is 27.0 Å². The van der Waals surface area contributed by atoms with Crippen LogP contribution in [0.4, 0.5) is 0 Å². The van der Waals surface area contributed by atoms with Crippen LogP contribution in [-0.4, -0.2) is 12.1 Å². The maximum absolute atomic E-state index is 12.2. The molecule has 0 aliphatic heterocycles. The molecule has 144 valence electrons. The van der Waals surface area contributed by atoms with Crippen molar-refractivity contribution >= 4 is 39.7 Å². The van der Waals surface area contributed by atoms with Gasteiger partial charge in [0.25, 0.3) is 5.91 Å². The summed E-state index contributed by atoms with van der Waals surface area (Å²) in [6, 6.07) is 21.4. The number of carbonyl (C=O) groups excluding carboxylic acids is 1. The molecule has 0 atom stereocenters. The molecule has 0 aromatic heterocycles. The normalized spacial score (nSPS) is 10.5. The summed E-state index contributed by atoms with van der Waals surface area (Å²) >= 11 is 9.42. The molecule has 3 aromatic rings. The van der Waals surface area contributed by atoms with E-state index < -0.39 is 0 Å². The van der Waals surface area contributed by atoms with Crippen LogP contribution in [0.25, 0.3) is 0 Å². The summed E-state index contributed by atoms with van der Waals surface area (Å²) in [6.45, 7) is 0.317. The average Bonchev–Trinajstić information content (AvgIpc) is 2.74. The van der Waals surface area contributed by atoms with Crippen LogP contribution in [0.2, 0.25) is 5.02 Å². The molecule has 0 aliphatic carbocycles. The van der Waals surface area contributed by atoms with Gasteiger partial charge in [-0.25, -0.2) is 5.43 Å². The Bertz CT molecular complexity index is 1090. The van der Waals surface area contributed by atoms with E-state index in [4.69, 9.17) is 21.6 Å². The first kappa shape index (κ1) is 20.6. The fourth-order valence-corrected chi connectivity index (χ4v) is 3.10. The summed E-state index contributed by atoms with van der Waals surface area (Å²) < 4.78 is 6.54. The van der Waals surface area contributed by atoms with Gasteiger partial charge in [-0.3, -0.25) is 4.79 Å². The number of nitrogens with zero attached hydrogens (tertiary/aromatic N) is 2. The van der Waals surface area contributed by atoms with Crippen molar-refractivity contribution in [1.82, 2.24) is 5.43 Å². The van der Waals surface area contributed by atoms with Gasteiger partial charge in [-0.05, 0) is 64.0 Å². The van der Waals surface area contributed by atoms with Crippen LogP contribution in [0.5, 0.6) is 5.75 Å². The fraction of sp³-hybridized carbons (Fsp3) is 0.0455. The molecular formula is C22H15BrClN3O2. The van der Waals surface area contributed by atoms with E-state index in [1.807, 2.05) is 18.2 Å². The second kappa shape index (κ2) is 9.87. The van der Waals surface area contributed by atoms with Crippen molar-refractivity contribution in [3.05, 3.63) is 98.5 Å². The molecule has 3 rings (SSSR count). The van der Waals surface area contributed by atoms with E-state index in [1.165, 1.54) is 6.21 Å². The lowest BCUT2D eigenvalue weighted by atomic mass is 10.1. The lowest BCUT2D eigenvalue weighted by molar-refractivity contribution is 0.0954. The second-order valence-corrected chi connectivity index (χ2v) is 7.25. The number of nitriles is 1. The smallest absolute Gasteiger partial charge is 0.272 e. The zero-order valence-electron chi connectivity index (χ0n) is 15.1. The molecule has 5 nitrogen and oxygen atoms in total. The van der Waals surface area contributed by atoms with E-state index in [2.05, 4.69) is 32.5 Å². The quantitative estimate of drug-likeness (QED) is 0.393. The average molecular weight is 469 g/mol. The summed E-state index contributed by atoms with van der Waals surface area (Å²) in [7, 11) is 0. The molecular weight excluding hydrogens is 454 g/mol. The Balaban J connectivity index is 1.69. The van der Waals surface area contributed by atoms with E-state index in [0.717, 1.165) is 5.56 Å². The number of rotatable bonds is 6. The third-order valence-corrected chi connectivity index (χ3v) is 4.86. The number of halogens is 2. The van der Waals surface area contributed by atoms with Gasteiger partial charge in [0.1, 0.15) is 12.4 Å². The molecule has 29 heavy (non-hydrogen) atoms. The molecule has 0 fully saturated rings. The number of hydrogen-bond donors (Lipinski definition) is 1. The zero-order chi connectivity index (χ0) is 20.6.